The number of rotatable bonds is 4. The summed E-state index contributed by atoms with van der Waals surface area (Å²) in [7, 11) is 2.05. The van der Waals surface area contributed by atoms with E-state index in [0.29, 0.717) is 6.04 Å². The van der Waals surface area contributed by atoms with E-state index in [9.17, 15) is 0 Å². The predicted octanol–water partition coefficient (Wildman–Crippen LogP) is 2.10. The molecule has 0 aromatic carbocycles. The Bertz CT molecular complexity index is 156. The molecule has 1 fully saturated rings. The maximum atomic E-state index is 3.28. The van der Waals surface area contributed by atoms with Crippen molar-refractivity contribution in [1.82, 2.24) is 10.2 Å². The molecule has 1 rings (SSSR count). The van der Waals surface area contributed by atoms with Crippen molar-refractivity contribution in [2.75, 3.05) is 20.1 Å². The molecule has 1 aliphatic rings. The summed E-state index contributed by atoms with van der Waals surface area (Å²) < 4.78 is 0. The molecule has 14 heavy (non-hydrogen) atoms. The van der Waals surface area contributed by atoms with Crippen molar-refractivity contribution in [1.29, 1.82) is 0 Å². The molecule has 0 aliphatic carbocycles. The second-order valence-electron chi connectivity index (χ2n) is 4.95. The van der Waals surface area contributed by atoms with Gasteiger partial charge in [-0.05, 0) is 39.3 Å². The summed E-state index contributed by atoms with van der Waals surface area (Å²) in [4.78, 5) is 2.70. The third-order valence-electron chi connectivity index (χ3n) is 3.43. The van der Waals surface area contributed by atoms with Gasteiger partial charge in [0.25, 0.3) is 0 Å². The minimum Gasteiger partial charge on any atom is -0.318 e. The van der Waals surface area contributed by atoms with Gasteiger partial charge in [-0.25, -0.2) is 0 Å². The first-order valence-corrected chi connectivity index (χ1v) is 6.07. The Morgan fingerprint density at radius 1 is 1.29 bits per heavy atom. The van der Waals surface area contributed by atoms with Crippen LogP contribution < -0.4 is 5.32 Å². The molecule has 0 radical (unpaired) electrons. The molecule has 2 atom stereocenters. The summed E-state index contributed by atoms with van der Waals surface area (Å²) >= 11 is 0. The maximum absolute atomic E-state index is 3.28. The monoisotopic (exact) mass is 198 g/mol. The minimum absolute atomic E-state index is 0.688. The van der Waals surface area contributed by atoms with E-state index in [1.165, 1.54) is 25.8 Å². The first-order chi connectivity index (χ1) is 6.66. The molecule has 1 aliphatic heterocycles. The van der Waals surface area contributed by atoms with Crippen LogP contribution in [0, 0.1) is 5.92 Å². The summed E-state index contributed by atoms with van der Waals surface area (Å²) in [6, 6.07) is 1.50. The van der Waals surface area contributed by atoms with Gasteiger partial charge < -0.3 is 5.32 Å². The van der Waals surface area contributed by atoms with E-state index in [4.69, 9.17) is 0 Å². The van der Waals surface area contributed by atoms with E-state index in [-0.39, 0.29) is 0 Å². The number of nitrogens with one attached hydrogen (secondary N) is 1. The van der Waals surface area contributed by atoms with Crippen LogP contribution in [-0.4, -0.2) is 37.1 Å². The van der Waals surface area contributed by atoms with Crippen molar-refractivity contribution >= 4 is 0 Å². The van der Waals surface area contributed by atoms with Gasteiger partial charge >= 0.3 is 0 Å². The van der Waals surface area contributed by atoms with Crippen LogP contribution in [0.2, 0.25) is 0 Å². The lowest BCUT2D eigenvalue weighted by Crippen LogP contribution is -2.50. The zero-order chi connectivity index (χ0) is 10.6. The normalized spacial score (nSPS) is 26.8. The number of likely N-dealkylation sites (tertiary alicyclic amines) is 1. The molecule has 0 saturated carbocycles. The summed E-state index contributed by atoms with van der Waals surface area (Å²) in [6.07, 6.45) is 4.20. The highest BCUT2D eigenvalue weighted by Crippen LogP contribution is 2.24. The van der Waals surface area contributed by atoms with Gasteiger partial charge in [-0.15, -0.1) is 0 Å². The van der Waals surface area contributed by atoms with Gasteiger partial charge in [-0.1, -0.05) is 20.3 Å². The maximum Gasteiger partial charge on any atom is 0.0195 e. The molecular weight excluding hydrogens is 172 g/mol. The highest BCUT2D eigenvalue weighted by atomic mass is 15.2. The van der Waals surface area contributed by atoms with E-state index >= 15 is 0 Å². The molecule has 2 nitrogen and oxygen atoms in total. The van der Waals surface area contributed by atoms with Crippen molar-refractivity contribution < 1.29 is 0 Å². The van der Waals surface area contributed by atoms with Crippen molar-refractivity contribution in [3.05, 3.63) is 0 Å². The lowest BCUT2D eigenvalue weighted by atomic mass is 9.91. The Morgan fingerprint density at radius 2 is 2.00 bits per heavy atom. The van der Waals surface area contributed by atoms with Crippen molar-refractivity contribution in [2.24, 2.45) is 5.92 Å². The summed E-state index contributed by atoms with van der Waals surface area (Å²) in [5.41, 5.74) is 0. The average Bonchev–Trinajstić information content (AvgIpc) is 2.18. The van der Waals surface area contributed by atoms with Crippen molar-refractivity contribution in [3.63, 3.8) is 0 Å². The second-order valence-corrected chi connectivity index (χ2v) is 4.95. The molecule has 0 aromatic heterocycles. The van der Waals surface area contributed by atoms with Gasteiger partial charge in [-0.2, -0.15) is 0 Å². The Hall–Kier alpha value is -0.0800. The van der Waals surface area contributed by atoms with Gasteiger partial charge in [0.15, 0.2) is 0 Å². The van der Waals surface area contributed by atoms with E-state index < -0.39 is 0 Å². The quantitative estimate of drug-likeness (QED) is 0.744. The number of piperidine rings is 1. The topological polar surface area (TPSA) is 15.3 Å². The number of nitrogens with zero attached hydrogens (tertiary/aromatic N) is 1. The van der Waals surface area contributed by atoms with Gasteiger partial charge in [0.05, 0.1) is 0 Å². The fourth-order valence-corrected chi connectivity index (χ4v) is 2.66. The van der Waals surface area contributed by atoms with Crippen LogP contribution >= 0.6 is 0 Å². The smallest absolute Gasteiger partial charge is 0.0195 e. The van der Waals surface area contributed by atoms with E-state index in [2.05, 4.69) is 31.0 Å². The largest absolute Gasteiger partial charge is 0.318 e. The predicted molar refractivity (Wildman–Crippen MR) is 62.6 cm³/mol. The van der Waals surface area contributed by atoms with Crippen LogP contribution in [0.4, 0.5) is 0 Å². The third kappa shape index (κ3) is 2.96. The number of hydrogen-bond acceptors (Lipinski definition) is 2. The molecule has 1 N–H and O–H groups in total. The van der Waals surface area contributed by atoms with E-state index in [1.807, 2.05) is 7.05 Å². The first kappa shape index (κ1) is 12.0. The Kier molecular flexibility index (Phi) is 4.90. The zero-order valence-electron chi connectivity index (χ0n) is 10.2. The molecular formula is C12H26N2. The highest BCUT2D eigenvalue weighted by Gasteiger charge is 2.27. The molecule has 1 heterocycles. The van der Waals surface area contributed by atoms with E-state index in [1.54, 1.807) is 0 Å². The highest BCUT2D eigenvalue weighted by molar-refractivity contribution is 4.83. The number of hydrogen-bond donors (Lipinski definition) is 1. The SMILES string of the molecule is CNCC(C)N1CCCCC1C(C)C. The van der Waals surface area contributed by atoms with Gasteiger partial charge in [0, 0.05) is 18.6 Å². The third-order valence-corrected chi connectivity index (χ3v) is 3.43. The lowest BCUT2D eigenvalue weighted by molar-refractivity contribution is 0.0737. The summed E-state index contributed by atoms with van der Waals surface area (Å²) in [5.74, 6) is 0.801. The van der Waals surface area contributed by atoms with Gasteiger partial charge in [0.1, 0.15) is 0 Å². The van der Waals surface area contributed by atoms with E-state index in [0.717, 1.165) is 18.5 Å². The molecule has 1 saturated heterocycles. The molecule has 0 aromatic rings. The van der Waals surface area contributed by atoms with Gasteiger partial charge in [-0.3, -0.25) is 4.90 Å². The molecule has 2 heteroatoms. The van der Waals surface area contributed by atoms with Crippen molar-refractivity contribution in [3.8, 4) is 0 Å². The molecule has 0 amide bonds. The fourth-order valence-electron chi connectivity index (χ4n) is 2.66. The average molecular weight is 198 g/mol. The Morgan fingerprint density at radius 3 is 2.57 bits per heavy atom. The van der Waals surface area contributed by atoms with Crippen LogP contribution in [0.15, 0.2) is 0 Å². The molecule has 84 valence electrons. The van der Waals surface area contributed by atoms with Crippen LogP contribution in [-0.2, 0) is 0 Å². The van der Waals surface area contributed by atoms with Crippen LogP contribution in [0.3, 0.4) is 0 Å². The van der Waals surface area contributed by atoms with Crippen molar-refractivity contribution in [2.45, 2.75) is 52.1 Å². The number of likely N-dealkylation sites (N-methyl/N-ethyl adjacent to an activating group) is 1. The standard InChI is InChI=1S/C12H26N2/c1-10(2)12-7-5-6-8-14(12)11(3)9-13-4/h10-13H,5-9H2,1-4H3. The lowest BCUT2D eigenvalue weighted by Gasteiger charge is -2.42. The summed E-state index contributed by atoms with van der Waals surface area (Å²) in [5, 5.41) is 3.28. The zero-order valence-corrected chi connectivity index (χ0v) is 10.2. The second kappa shape index (κ2) is 5.72. The minimum atomic E-state index is 0.688. The van der Waals surface area contributed by atoms with Crippen LogP contribution in [0.25, 0.3) is 0 Å². The Labute approximate surface area is 89.1 Å². The summed E-state index contributed by atoms with van der Waals surface area (Å²) in [6.45, 7) is 9.47. The van der Waals surface area contributed by atoms with Crippen LogP contribution in [0.1, 0.15) is 40.0 Å². The van der Waals surface area contributed by atoms with Crippen LogP contribution in [0.5, 0.6) is 0 Å². The Balaban J connectivity index is 2.53. The fraction of sp³-hybridized carbons (Fsp3) is 1.00. The molecule has 2 unspecified atom stereocenters. The first-order valence-electron chi connectivity index (χ1n) is 6.07. The molecule has 0 bridgehead atoms. The van der Waals surface area contributed by atoms with Gasteiger partial charge in [0.2, 0.25) is 0 Å². The molecule has 0 spiro atoms.